The normalized spacial score (nSPS) is 30.7. The molecule has 0 amide bonds. The zero-order chi connectivity index (χ0) is 33.1. The predicted molar refractivity (Wildman–Crippen MR) is 178 cm³/mol. The van der Waals surface area contributed by atoms with Crippen molar-refractivity contribution < 1.29 is 33.0 Å². The molecule has 9 heteroatoms. The van der Waals surface area contributed by atoms with E-state index in [1.807, 2.05) is 13.8 Å². The fourth-order valence-corrected chi connectivity index (χ4v) is 9.59. The molecule has 0 spiro atoms. The van der Waals surface area contributed by atoms with E-state index < -0.39 is 38.6 Å². The van der Waals surface area contributed by atoms with Gasteiger partial charge < -0.3 is 23.4 Å². The summed E-state index contributed by atoms with van der Waals surface area (Å²) in [7, 11) is -1.95. The molecule has 0 N–H and O–H groups in total. The molecule has 2 fully saturated rings. The van der Waals surface area contributed by atoms with E-state index in [-0.39, 0.29) is 47.8 Å². The molecule has 2 rings (SSSR count). The van der Waals surface area contributed by atoms with E-state index in [9.17, 15) is 14.4 Å². The molecular weight excluding hydrogens is 577 g/mol. The van der Waals surface area contributed by atoms with E-state index >= 15 is 0 Å². The number of ether oxygens (including phenoxy) is 3. The molecule has 2 aliphatic carbocycles. The Hall–Kier alpha value is -0.716. The zero-order valence-corrected chi connectivity index (χ0v) is 31.8. The van der Waals surface area contributed by atoms with Gasteiger partial charge in [-0.05, 0) is 68.6 Å². The van der Waals surface area contributed by atoms with Crippen LogP contribution >= 0.6 is 0 Å². The van der Waals surface area contributed by atoms with Crippen LogP contribution in [-0.4, -0.2) is 74.1 Å². The molecule has 6 atom stereocenters. The molecule has 0 radical (unpaired) electrons. The highest BCUT2D eigenvalue weighted by Gasteiger charge is 2.68. The molecule has 0 heterocycles. The van der Waals surface area contributed by atoms with Crippen LogP contribution in [0.4, 0.5) is 0 Å². The maximum atomic E-state index is 14.6. The number of methoxy groups -OCH3 is 1. The summed E-state index contributed by atoms with van der Waals surface area (Å²) in [4.78, 5) is 41.6. The molecule has 0 aromatic heterocycles. The molecule has 43 heavy (non-hydrogen) atoms. The minimum absolute atomic E-state index is 0.000310. The Morgan fingerprint density at radius 2 is 1.65 bits per heavy atom. The van der Waals surface area contributed by atoms with Crippen LogP contribution in [0, 0.1) is 34.0 Å². The summed E-state index contributed by atoms with van der Waals surface area (Å²) in [6.45, 7) is 27.5. The van der Waals surface area contributed by atoms with Gasteiger partial charge in [0.25, 0.3) is 0 Å². The Labute approximate surface area is 265 Å². The number of Topliss-reactive ketones (excluding diaryl/α,β-unsaturated/α-hetero) is 2. The van der Waals surface area contributed by atoms with Gasteiger partial charge in [-0.3, -0.25) is 9.59 Å². The van der Waals surface area contributed by atoms with Crippen LogP contribution < -0.4 is 0 Å². The molecule has 2 aliphatic rings. The van der Waals surface area contributed by atoms with Crippen LogP contribution in [0.5, 0.6) is 0 Å². The average Bonchev–Trinajstić information content (AvgIpc) is 2.87. The lowest BCUT2D eigenvalue weighted by Crippen LogP contribution is -2.68. The van der Waals surface area contributed by atoms with Crippen molar-refractivity contribution in [2.24, 2.45) is 34.0 Å². The fraction of sp³-hybridized carbons (Fsp3) is 0.912. The first-order valence-electron chi connectivity index (χ1n) is 16.4. The third kappa shape index (κ3) is 8.36. The summed E-state index contributed by atoms with van der Waals surface area (Å²) >= 11 is 0. The Balaban J connectivity index is 2.71. The van der Waals surface area contributed by atoms with Crippen molar-refractivity contribution in [2.75, 3.05) is 33.7 Å². The highest BCUT2D eigenvalue weighted by Crippen LogP contribution is 2.65. The van der Waals surface area contributed by atoms with Gasteiger partial charge in [-0.2, -0.15) is 0 Å². The predicted octanol–water partition coefficient (Wildman–Crippen LogP) is 7.55. The Morgan fingerprint density at radius 3 is 2.16 bits per heavy atom. The molecule has 0 aromatic rings. The van der Waals surface area contributed by atoms with E-state index in [2.05, 4.69) is 60.4 Å². The molecule has 1 unspecified atom stereocenters. The molecule has 0 aliphatic heterocycles. The van der Waals surface area contributed by atoms with Crippen molar-refractivity contribution in [1.82, 2.24) is 0 Å². The third-order valence-electron chi connectivity index (χ3n) is 11.5. The lowest BCUT2D eigenvalue weighted by atomic mass is 9.40. The van der Waals surface area contributed by atoms with Crippen molar-refractivity contribution in [3.63, 3.8) is 0 Å². The van der Waals surface area contributed by atoms with Crippen molar-refractivity contribution in [1.29, 1.82) is 0 Å². The second-order valence-electron chi connectivity index (χ2n) is 16.9. The van der Waals surface area contributed by atoms with Crippen LogP contribution in [0.25, 0.3) is 0 Å². The van der Waals surface area contributed by atoms with Crippen LogP contribution in [0.1, 0.15) is 80.6 Å². The van der Waals surface area contributed by atoms with Gasteiger partial charge in [0.05, 0.1) is 6.61 Å². The summed E-state index contributed by atoms with van der Waals surface area (Å²) in [5, 5.41) is -0.0330. The van der Waals surface area contributed by atoms with Gasteiger partial charge in [-0.25, -0.2) is 0 Å². The molecule has 0 aromatic carbocycles. The van der Waals surface area contributed by atoms with Gasteiger partial charge in [0.1, 0.15) is 24.6 Å². The smallest absolute Gasteiger partial charge is 0.192 e. The van der Waals surface area contributed by atoms with Crippen molar-refractivity contribution in [3.8, 4) is 0 Å². The standard InChI is InChI=1S/C34H64O7Si2/c1-25(36)32(5,6)28-21-29(37)33(7)26(22-39-19-20-42(9,10)11)15-16-27(41-43(12,13)31(2,3)4)30(33)34(28,23-35)17-14-18-40-24-38-8/h23,26-28,30H,14-22,24H2,1-13H3/t26-,27+,28+,30?,33-,34-/m1/s1. The monoisotopic (exact) mass is 640 g/mol. The van der Waals surface area contributed by atoms with Gasteiger partial charge >= 0.3 is 0 Å². The first kappa shape index (κ1) is 38.5. The van der Waals surface area contributed by atoms with Crippen LogP contribution in [-0.2, 0) is 33.0 Å². The minimum Gasteiger partial charge on any atom is -0.414 e. The summed E-state index contributed by atoms with van der Waals surface area (Å²) in [6, 6.07) is 1.07. The van der Waals surface area contributed by atoms with Gasteiger partial charge in [-0.1, -0.05) is 61.2 Å². The summed E-state index contributed by atoms with van der Waals surface area (Å²) < 4.78 is 24.3. The lowest BCUT2D eigenvalue weighted by molar-refractivity contribution is -0.197. The van der Waals surface area contributed by atoms with Crippen molar-refractivity contribution in [2.45, 2.75) is 130 Å². The second kappa shape index (κ2) is 14.4. The van der Waals surface area contributed by atoms with Gasteiger partial charge in [0.2, 0.25) is 0 Å². The zero-order valence-electron chi connectivity index (χ0n) is 29.8. The summed E-state index contributed by atoms with van der Waals surface area (Å²) in [5.41, 5.74) is -2.59. The van der Waals surface area contributed by atoms with Gasteiger partial charge in [0.15, 0.2) is 8.32 Å². The highest BCUT2D eigenvalue weighted by molar-refractivity contribution is 6.76. The van der Waals surface area contributed by atoms with Crippen LogP contribution in [0.15, 0.2) is 0 Å². The molecule has 2 saturated carbocycles. The van der Waals surface area contributed by atoms with E-state index in [0.29, 0.717) is 32.7 Å². The fourth-order valence-electron chi connectivity index (χ4n) is 7.47. The van der Waals surface area contributed by atoms with E-state index in [4.69, 9.17) is 18.6 Å². The number of ketones is 2. The quantitative estimate of drug-likeness (QED) is 0.0745. The second-order valence-corrected chi connectivity index (χ2v) is 27.3. The maximum absolute atomic E-state index is 14.6. The lowest BCUT2D eigenvalue weighted by Gasteiger charge is -2.64. The van der Waals surface area contributed by atoms with E-state index in [0.717, 1.165) is 25.2 Å². The van der Waals surface area contributed by atoms with E-state index in [1.165, 1.54) is 0 Å². The number of hydrogen-bond donors (Lipinski definition) is 0. The molecule has 7 nitrogen and oxygen atoms in total. The summed E-state index contributed by atoms with van der Waals surface area (Å²) in [5.74, 6) is -0.665. The third-order valence-corrected chi connectivity index (χ3v) is 17.8. The Morgan fingerprint density at radius 1 is 1.02 bits per heavy atom. The minimum atomic E-state index is -2.27. The Kier molecular flexibility index (Phi) is 12.9. The topological polar surface area (TPSA) is 88.1 Å². The number of carbonyl (C=O) groups is 3. The number of rotatable bonds is 16. The van der Waals surface area contributed by atoms with Crippen LogP contribution in [0.2, 0.25) is 43.8 Å². The van der Waals surface area contributed by atoms with Crippen molar-refractivity contribution >= 4 is 34.2 Å². The van der Waals surface area contributed by atoms with E-state index in [1.54, 1.807) is 14.0 Å². The molecule has 0 bridgehead atoms. The molecular formula is C34H64O7Si2. The number of carbonyl (C=O) groups excluding carboxylic acids is 3. The first-order chi connectivity index (χ1) is 19.6. The molecule has 0 saturated heterocycles. The van der Waals surface area contributed by atoms with Crippen LogP contribution in [0.3, 0.4) is 0 Å². The molecule has 250 valence electrons. The SMILES string of the molecule is COCOCCC[C@]1(C=O)C2[C@@H](O[Si](C)(C)C(C)(C)C)CC[C@H](COCC[Si](C)(C)C)[C@]2(C)C(=O)C[C@H]1C(C)(C)C(C)=O. The largest absolute Gasteiger partial charge is 0.414 e. The number of fused-ring (bicyclic) bond motifs is 1. The Bertz CT molecular complexity index is 967. The van der Waals surface area contributed by atoms with Crippen molar-refractivity contribution in [3.05, 3.63) is 0 Å². The highest BCUT2D eigenvalue weighted by atomic mass is 28.4. The van der Waals surface area contributed by atoms with Gasteiger partial charge in [-0.15, -0.1) is 0 Å². The summed E-state index contributed by atoms with van der Waals surface area (Å²) in [6.07, 6.45) is 3.79. The maximum Gasteiger partial charge on any atom is 0.192 e. The number of aldehydes is 1. The number of hydrogen-bond acceptors (Lipinski definition) is 7. The van der Waals surface area contributed by atoms with Gasteiger partial charge in [0, 0.05) is 63.1 Å². The average molecular weight is 641 g/mol. The first-order valence-corrected chi connectivity index (χ1v) is 23.1.